The molecule has 1 rings (SSSR count). The number of hydrogen-bond acceptors (Lipinski definition) is 4. The van der Waals surface area contributed by atoms with E-state index < -0.39 is 5.97 Å². The summed E-state index contributed by atoms with van der Waals surface area (Å²) >= 11 is 0. The molecule has 0 amide bonds. The molecule has 0 fully saturated rings. The summed E-state index contributed by atoms with van der Waals surface area (Å²) in [5.74, 6) is 0.0642. The number of carboxylic acids is 1. The van der Waals surface area contributed by atoms with Gasteiger partial charge in [0.05, 0.1) is 26.4 Å². The van der Waals surface area contributed by atoms with E-state index in [0.29, 0.717) is 23.9 Å². The topological polar surface area (TPSA) is 65.0 Å². The highest BCUT2D eigenvalue weighted by Crippen LogP contribution is 2.38. The molecular weight excluding hydrogens is 212 g/mol. The maximum absolute atomic E-state index is 10.9. The zero-order valence-electron chi connectivity index (χ0n) is 9.44. The minimum Gasteiger partial charge on any atom is -0.493 e. The number of rotatable bonds is 5. The van der Waals surface area contributed by atoms with Gasteiger partial charge in [0, 0.05) is 0 Å². The third-order valence-electron chi connectivity index (χ3n) is 2.00. The number of carbonyl (C=O) groups is 1. The minimum absolute atomic E-state index is 0.0946. The van der Waals surface area contributed by atoms with E-state index in [9.17, 15) is 4.79 Å². The lowest BCUT2D eigenvalue weighted by Gasteiger charge is -2.13. The molecule has 0 spiro atoms. The number of methoxy groups -OCH3 is 2. The van der Waals surface area contributed by atoms with E-state index in [2.05, 4.69) is 0 Å². The van der Waals surface area contributed by atoms with E-state index >= 15 is 0 Å². The molecule has 0 aromatic heterocycles. The van der Waals surface area contributed by atoms with Gasteiger partial charge in [-0.3, -0.25) is 0 Å². The SMILES string of the molecule is CCOc1c(OC)cc(C(=O)O)cc1OC. The maximum atomic E-state index is 10.9. The summed E-state index contributed by atoms with van der Waals surface area (Å²) in [6, 6.07) is 2.80. The van der Waals surface area contributed by atoms with Crippen LogP contribution in [-0.2, 0) is 0 Å². The first-order chi connectivity index (χ1) is 7.63. The molecule has 5 nitrogen and oxygen atoms in total. The Morgan fingerprint density at radius 1 is 1.25 bits per heavy atom. The van der Waals surface area contributed by atoms with Gasteiger partial charge in [-0.25, -0.2) is 4.79 Å². The molecule has 0 unspecified atom stereocenters. The van der Waals surface area contributed by atoms with Crippen LogP contribution in [-0.4, -0.2) is 31.9 Å². The van der Waals surface area contributed by atoms with Crippen LogP contribution in [0.4, 0.5) is 0 Å². The lowest BCUT2D eigenvalue weighted by Crippen LogP contribution is -2.03. The molecule has 0 aliphatic carbocycles. The Kier molecular flexibility index (Phi) is 3.99. The molecule has 0 aliphatic heterocycles. The van der Waals surface area contributed by atoms with Crippen LogP contribution in [0.2, 0.25) is 0 Å². The Hall–Kier alpha value is -1.91. The summed E-state index contributed by atoms with van der Waals surface area (Å²) < 4.78 is 15.5. The summed E-state index contributed by atoms with van der Waals surface area (Å²) in [4.78, 5) is 10.9. The summed E-state index contributed by atoms with van der Waals surface area (Å²) in [5.41, 5.74) is 0.0946. The van der Waals surface area contributed by atoms with Gasteiger partial charge < -0.3 is 19.3 Å². The van der Waals surface area contributed by atoms with E-state index in [1.54, 1.807) is 0 Å². The first kappa shape index (κ1) is 12.2. The summed E-state index contributed by atoms with van der Waals surface area (Å²) in [7, 11) is 2.89. The Labute approximate surface area is 93.6 Å². The fourth-order valence-corrected chi connectivity index (χ4v) is 1.29. The largest absolute Gasteiger partial charge is 0.493 e. The van der Waals surface area contributed by atoms with Crippen molar-refractivity contribution in [2.24, 2.45) is 0 Å². The standard InChI is InChI=1S/C11H14O5/c1-4-16-10-8(14-2)5-7(11(12)13)6-9(10)15-3/h5-6H,4H2,1-3H3,(H,12,13). The van der Waals surface area contributed by atoms with E-state index in [1.165, 1.54) is 26.4 Å². The first-order valence-corrected chi connectivity index (χ1v) is 4.76. The van der Waals surface area contributed by atoms with Gasteiger partial charge in [-0.1, -0.05) is 0 Å². The van der Waals surface area contributed by atoms with Crippen molar-refractivity contribution >= 4 is 5.97 Å². The molecule has 1 aromatic rings. The molecule has 5 heteroatoms. The average Bonchev–Trinajstić information content (AvgIpc) is 2.29. The van der Waals surface area contributed by atoms with Crippen LogP contribution in [0.3, 0.4) is 0 Å². The smallest absolute Gasteiger partial charge is 0.335 e. The van der Waals surface area contributed by atoms with Gasteiger partial charge in [-0.05, 0) is 19.1 Å². The molecule has 88 valence electrons. The molecular formula is C11H14O5. The Morgan fingerprint density at radius 2 is 1.75 bits per heavy atom. The molecule has 0 aliphatic rings. The molecule has 0 heterocycles. The predicted octanol–water partition coefficient (Wildman–Crippen LogP) is 1.80. The van der Waals surface area contributed by atoms with Crippen LogP contribution in [0.15, 0.2) is 12.1 Å². The van der Waals surface area contributed by atoms with Gasteiger partial charge in [-0.2, -0.15) is 0 Å². The second-order valence-corrected chi connectivity index (χ2v) is 2.95. The average molecular weight is 226 g/mol. The number of carboxylic acid groups (broad SMARTS) is 1. The molecule has 1 N–H and O–H groups in total. The summed E-state index contributed by atoms with van der Waals surface area (Å²) in [6.45, 7) is 2.27. The highest BCUT2D eigenvalue weighted by atomic mass is 16.5. The zero-order valence-corrected chi connectivity index (χ0v) is 9.44. The van der Waals surface area contributed by atoms with Crippen LogP contribution < -0.4 is 14.2 Å². The van der Waals surface area contributed by atoms with Crippen LogP contribution in [0, 0.1) is 0 Å². The van der Waals surface area contributed by atoms with E-state index in [-0.39, 0.29) is 5.56 Å². The predicted molar refractivity (Wildman–Crippen MR) is 57.7 cm³/mol. The Bertz CT molecular complexity index is 361. The number of benzene rings is 1. The molecule has 0 saturated carbocycles. The number of ether oxygens (including phenoxy) is 3. The number of aromatic carboxylic acids is 1. The van der Waals surface area contributed by atoms with Crippen molar-refractivity contribution < 1.29 is 24.1 Å². The Balaban J connectivity index is 3.30. The first-order valence-electron chi connectivity index (χ1n) is 4.76. The van der Waals surface area contributed by atoms with E-state index in [4.69, 9.17) is 19.3 Å². The Morgan fingerprint density at radius 3 is 2.06 bits per heavy atom. The van der Waals surface area contributed by atoms with E-state index in [0.717, 1.165) is 0 Å². The third-order valence-corrected chi connectivity index (χ3v) is 2.00. The van der Waals surface area contributed by atoms with Crippen LogP contribution in [0.1, 0.15) is 17.3 Å². The highest BCUT2D eigenvalue weighted by molar-refractivity contribution is 5.89. The molecule has 0 saturated heterocycles. The van der Waals surface area contributed by atoms with Crippen molar-refractivity contribution in [3.05, 3.63) is 17.7 Å². The van der Waals surface area contributed by atoms with Crippen molar-refractivity contribution in [3.63, 3.8) is 0 Å². The zero-order chi connectivity index (χ0) is 12.1. The molecule has 1 aromatic carbocycles. The lowest BCUT2D eigenvalue weighted by molar-refractivity contribution is 0.0696. The van der Waals surface area contributed by atoms with Crippen molar-refractivity contribution in [2.45, 2.75) is 6.92 Å². The highest BCUT2D eigenvalue weighted by Gasteiger charge is 2.16. The van der Waals surface area contributed by atoms with Gasteiger partial charge in [0.15, 0.2) is 11.5 Å². The molecule has 0 radical (unpaired) electrons. The monoisotopic (exact) mass is 226 g/mol. The summed E-state index contributed by atoms with van der Waals surface area (Å²) in [5, 5.41) is 8.89. The maximum Gasteiger partial charge on any atom is 0.335 e. The minimum atomic E-state index is -1.04. The van der Waals surface area contributed by atoms with Crippen molar-refractivity contribution in [1.29, 1.82) is 0 Å². The van der Waals surface area contributed by atoms with Gasteiger partial charge in [0.1, 0.15) is 0 Å². The van der Waals surface area contributed by atoms with Crippen molar-refractivity contribution in [2.75, 3.05) is 20.8 Å². The molecule has 16 heavy (non-hydrogen) atoms. The molecule has 0 bridgehead atoms. The normalized spacial score (nSPS) is 9.69. The second-order valence-electron chi connectivity index (χ2n) is 2.95. The quantitative estimate of drug-likeness (QED) is 0.829. The van der Waals surface area contributed by atoms with Crippen molar-refractivity contribution in [1.82, 2.24) is 0 Å². The van der Waals surface area contributed by atoms with Crippen molar-refractivity contribution in [3.8, 4) is 17.2 Å². The van der Waals surface area contributed by atoms with Crippen LogP contribution in [0.5, 0.6) is 17.2 Å². The second kappa shape index (κ2) is 5.25. The van der Waals surface area contributed by atoms with E-state index in [1.807, 2.05) is 6.92 Å². The third kappa shape index (κ3) is 2.36. The van der Waals surface area contributed by atoms with Gasteiger partial charge in [0.25, 0.3) is 0 Å². The van der Waals surface area contributed by atoms with Crippen LogP contribution in [0.25, 0.3) is 0 Å². The molecule has 0 atom stereocenters. The van der Waals surface area contributed by atoms with Gasteiger partial charge in [0.2, 0.25) is 5.75 Å². The fraction of sp³-hybridized carbons (Fsp3) is 0.364. The summed E-state index contributed by atoms with van der Waals surface area (Å²) in [6.07, 6.45) is 0. The fourth-order valence-electron chi connectivity index (χ4n) is 1.29. The lowest BCUT2D eigenvalue weighted by atomic mass is 10.2. The number of hydrogen-bond donors (Lipinski definition) is 1. The van der Waals surface area contributed by atoms with Gasteiger partial charge >= 0.3 is 5.97 Å². The van der Waals surface area contributed by atoms with Gasteiger partial charge in [-0.15, -0.1) is 0 Å². The van der Waals surface area contributed by atoms with Crippen LogP contribution >= 0.6 is 0 Å².